The van der Waals surface area contributed by atoms with Crippen LogP contribution in [0.3, 0.4) is 0 Å². The van der Waals surface area contributed by atoms with Crippen molar-refractivity contribution in [2.24, 2.45) is 5.92 Å². The third-order valence-corrected chi connectivity index (χ3v) is 3.10. The molecule has 0 saturated heterocycles. The lowest BCUT2D eigenvalue weighted by atomic mass is 10.1. The Balaban J connectivity index is 2.21. The Labute approximate surface area is 100.0 Å². The highest BCUT2D eigenvalue weighted by atomic mass is 19.1. The molecule has 17 heavy (non-hydrogen) atoms. The van der Waals surface area contributed by atoms with Crippen LogP contribution in [0, 0.1) is 11.7 Å². The van der Waals surface area contributed by atoms with E-state index in [0.29, 0.717) is 17.6 Å². The molecule has 1 aliphatic rings. The summed E-state index contributed by atoms with van der Waals surface area (Å²) in [5.41, 5.74) is 0.887. The minimum absolute atomic E-state index is 0.250. The summed E-state index contributed by atoms with van der Waals surface area (Å²) in [6.45, 7) is 2.07. The quantitative estimate of drug-likeness (QED) is 0.818. The molecule has 2 rings (SSSR count). The largest absolute Gasteiger partial charge is 0.465 e. The number of methoxy groups -OCH3 is 1. The molecule has 1 fully saturated rings. The summed E-state index contributed by atoms with van der Waals surface area (Å²) >= 11 is 0. The lowest BCUT2D eigenvalue weighted by Crippen LogP contribution is -2.19. The third-order valence-electron chi connectivity index (χ3n) is 3.10. The molecule has 1 aliphatic carbocycles. The first-order valence-electron chi connectivity index (χ1n) is 5.76. The molecule has 0 aromatic heterocycles. The van der Waals surface area contributed by atoms with Gasteiger partial charge >= 0.3 is 5.97 Å². The van der Waals surface area contributed by atoms with Crippen molar-refractivity contribution in [2.75, 3.05) is 12.4 Å². The highest BCUT2D eigenvalue weighted by Crippen LogP contribution is 2.34. The van der Waals surface area contributed by atoms with Gasteiger partial charge in [0.25, 0.3) is 0 Å². The van der Waals surface area contributed by atoms with E-state index in [0.717, 1.165) is 0 Å². The summed E-state index contributed by atoms with van der Waals surface area (Å²) in [5, 5.41) is 3.25. The molecule has 1 unspecified atom stereocenters. The van der Waals surface area contributed by atoms with Gasteiger partial charge in [-0.15, -0.1) is 0 Å². The Morgan fingerprint density at radius 2 is 2.24 bits per heavy atom. The Kier molecular flexibility index (Phi) is 3.31. The number of hydrogen-bond donors (Lipinski definition) is 1. The van der Waals surface area contributed by atoms with Crippen LogP contribution in [0.15, 0.2) is 18.2 Å². The van der Waals surface area contributed by atoms with Crippen molar-refractivity contribution in [3.63, 3.8) is 0 Å². The predicted molar refractivity (Wildman–Crippen MR) is 63.5 cm³/mol. The molecule has 1 aromatic carbocycles. The fraction of sp³-hybridized carbons (Fsp3) is 0.462. The summed E-state index contributed by atoms with van der Waals surface area (Å²) in [6, 6.07) is 4.42. The van der Waals surface area contributed by atoms with Crippen molar-refractivity contribution in [1.82, 2.24) is 0 Å². The number of carbonyl (C=O) groups is 1. The van der Waals surface area contributed by atoms with Gasteiger partial charge in [0.1, 0.15) is 5.82 Å². The zero-order chi connectivity index (χ0) is 12.4. The first-order valence-corrected chi connectivity index (χ1v) is 5.76. The number of ether oxygens (including phenoxy) is 1. The number of hydrogen-bond acceptors (Lipinski definition) is 3. The second kappa shape index (κ2) is 4.73. The summed E-state index contributed by atoms with van der Waals surface area (Å²) in [6.07, 6.45) is 2.42. The van der Waals surface area contributed by atoms with Gasteiger partial charge in [0.2, 0.25) is 0 Å². The Morgan fingerprint density at radius 3 is 2.82 bits per heavy atom. The fourth-order valence-corrected chi connectivity index (χ4v) is 1.88. The third kappa shape index (κ3) is 2.75. The van der Waals surface area contributed by atoms with Gasteiger partial charge in [-0.2, -0.15) is 0 Å². The normalized spacial score (nSPS) is 16.4. The maximum atomic E-state index is 13.1. The van der Waals surface area contributed by atoms with Crippen LogP contribution in [0.25, 0.3) is 0 Å². The molecule has 0 aliphatic heterocycles. The van der Waals surface area contributed by atoms with Gasteiger partial charge in [0.05, 0.1) is 12.7 Å². The highest BCUT2D eigenvalue weighted by Gasteiger charge is 2.28. The Hall–Kier alpha value is -1.58. The average molecular weight is 237 g/mol. The second-order valence-corrected chi connectivity index (χ2v) is 4.45. The SMILES string of the molecule is COC(=O)c1cc(F)ccc1NC(C)C1CC1. The topological polar surface area (TPSA) is 38.3 Å². The molecule has 0 amide bonds. The van der Waals surface area contributed by atoms with E-state index in [9.17, 15) is 9.18 Å². The fourth-order valence-electron chi connectivity index (χ4n) is 1.88. The van der Waals surface area contributed by atoms with Crippen molar-refractivity contribution in [3.05, 3.63) is 29.6 Å². The van der Waals surface area contributed by atoms with E-state index in [-0.39, 0.29) is 5.56 Å². The minimum Gasteiger partial charge on any atom is -0.465 e. The molecule has 1 saturated carbocycles. The maximum Gasteiger partial charge on any atom is 0.340 e. The van der Waals surface area contributed by atoms with Gasteiger partial charge in [0, 0.05) is 11.7 Å². The predicted octanol–water partition coefficient (Wildman–Crippen LogP) is 2.82. The van der Waals surface area contributed by atoms with Crippen molar-refractivity contribution < 1.29 is 13.9 Å². The van der Waals surface area contributed by atoms with Crippen molar-refractivity contribution in [3.8, 4) is 0 Å². The molecule has 4 heteroatoms. The second-order valence-electron chi connectivity index (χ2n) is 4.45. The first kappa shape index (κ1) is 11.9. The van der Waals surface area contributed by atoms with Gasteiger partial charge < -0.3 is 10.1 Å². The molecular weight excluding hydrogens is 221 g/mol. The number of rotatable bonds is 4. The number of benzene rings is 1. The zero-order valence-corrected chi connectivity index (χ0v) is 10.00. The number of halogens is 1. The number of carbonyl (C=O) groups excluding carboxylic acids is 1. The van der Waals surface area contributed by atoms with Crippen molar-refractivity contribution in [2.45, 2.75) is 25.8 Å². The van der Waals surface area contributed by atoms with Crippen LogP contribution >= 0.6 is 0 Å². The molecule has 0 heterocycles. The van der Waals surface area contributed by atoms with Gasteiger partial charge in [-0.25, -0.2) is 9.18 Å². The zero-order valence-electron chi connectivity index (χ0n) is 10.00. The molecule has 92 valence electrons. The average Bonchev–Trinajstić information content (AvgIpc) is 3.14. The Morgan fingerprint density at radius 1 is 1.53 bits per heavy atom. The summed E-state index contributed by atoms with van der Waals surface area (Å²) < 4.78 is 17.8. The van der Waals surface area contributed by atoms with Crippen LogP contribution in [0.5, 0.6) is 0 Å². The number of anilines is 1. The lowest BCUT2D eigenvalue weighted by Gasteiger charge is -2.16. The van der Waals surface area contributed by atoms with Crippen LogP contribution in [-0.4, -0.2) is 19.1 Å². The van der Waals surface area contributed by atoms with E-state index in [2.05, 4.69) is 17.0 Å². The van der Waals surface area contributed by atoms with E-state index < -0.39 is 11.8 Å². The lowest BCUT2D eigenvalue weighted by molar-refractivity contribution is 0.0601. The number of nitrogens with one attached hydrogen (secondary N) is 1. The molecular formula is C13H16FNO2. The van der Waals surface area contributed by atoms with Crippen LogP contribution in [0.1, 0.15) is 30.1 Å². The molecule has 0 bridgehead atoms. The van der Waals surface area contributed by atoms with E-state index in [1.165, 1.54) is 32.1 Å². The van der Waals surface area contributed by atoms with E-state index in [1.54, 1.807) is 6.07 Å². The highest BCUT2D eigenvalue weighted by molar-refractivity contribution is 5.95. The smallest absolute Gasteiger partial charge is 0.340 e. The minimum atomic E-state index is -0.519. The molecule has 0 radical (unpaired) electrons. The van der Waals surface area contributed by atoms with Gasteiger partial charge in [0.15, 0.2) is 0 Å². The van der Waals surface area contributed by atoms with E-state index in [1.807, 2.05) is 0 Å². The van der Waals surface area contributed by atoms with Crippen molar-refractivity contribution >= 4 is 11.7 Å². The van der Waals surface area contributed by atoms with Crippen LogP contribution in [0.4, 0.5) is 10.1 Å². The summed E-state index contributed by atoms with van der Waals surface area (Å²) in [4.78, 5) is 11.5. The maximum absolute atomic E-state index is 13.1. The van der Waals surface area contributed by atoms with Gasteiger partial charge in [-0.1, -0.05) is 0 Å². The summed E-state index contributed by atoms with van der Waals surface area (Å²) in [5.74, 6) is -0.296. The molecule has 0 spiro atoms. The van der Waals surface area contributed by atoms with Crippen molar-refractivity contribution in [1.29, 1.82) is 0 Å². The van der Waals surface area contributed by atoms with Crippen LogP contribution in [-0.2, 0) is 4.74 Å². The molecule has 1 atom stereocenters. The molecule has 3 nitrogen and oxygen atoms in total. The van der Waals surface area contributed by atoms with Crippen LogP contribution in [0.2, 0.25) is 0 Å². The molecule has 1 N–H and O–H groups in total. The Bertz CT molecular complexity index is 429. The van der Waals surface area contributed by atoms with Gasteiger partial charge in [-0.3, -0.25) is 0 Å². The monoisotopic (exact) mass is 237 g/mol. The van der Waals surface area contributed by atoms with E-state index in [4.69, 9.17) is 0 Å². The van der Waals surface area contributed by atoms with Gasteiger partial charge in [-0.05, 0) is 43.9 Å². The summed E-state index contributed by atoms with van der Waals surface area (Å²) in [7, 11) is 1.29. The number of esters is 1. The van der Waals surface area contributed by atoms with E-state index >= 15 is 0 Å². The first-order chi connectivity index (χ1) is 8.11. The van der Waals surface area contributed by atoms with Crippen LogP contribution < -0.4 is 5.32 Å². The molecule has 1 aromatic rings. The standard InChI is InChI=1S/C13H16FNO2/c1-8(9-3-4-9)15-12-6-5-10(14)7-11(12)13(16)17-2/h5-9,15H,3-4H2,1-2H3.